The summed E-state index contributed by atoms with van der Waals surface area (Å²) in [6.45, 7) is 4.90. The van der Waals surface area contributed by atoms with Gasteiger partial charge in [-0.05, 0) is 19.1 Å². The molecule has 0 radical (unpaired) electrons. The number of aryl methyl sites for hydroxylation is 1. The number of nitro groups is 1. The smallest absolute Gasteiger partial charge is 0.290 e. The number of hydrogen-bond donors (Lipinski definition) is 0. The molecule has 8 heteroatoms. The summed E-state index contributed by atoms with van der Waals surface area (Å²) in [6.07, 6.45) is 3.07. The summed E-state index contributed by atoms with van der Waals surface area (Å²) in [7, 11) is 1.64. The summed E-state index contributed by atoms with van der Waals surface area (Å²) < 4.78 is 5.24. The third-order valence-electron chi connectivity index (χ3n) is 4.15. The predicted molar refractivity (Wildman–Crippen MR) is 90.8 cm³/mol. The fourth-order valence-corrected chi connectivity index (χ4v) is 2.76. The molecule has 1 fully saturated rings. The van der Waals surface area contributed by atoms with Crippen molar-refractivity contribution in [1.29, 1.82) is 0 Å². The number of rotatable bonds is 4. The lowest BCUT2D eigenvalue weighted by atomic mass is 10.2. The fraction of sp³-hybridized carbons (Fsp3) is 0.375. The number of pyridine rings is 2. The average Bonchev–Trinajstić information content (AvgIpc) is 2.61. The Morgan fingerprint density at radius 1 is 1.12 bits per heavy atom. The molecule has 0 bridgehead atoms. The molecule has 2 aromatic rings. The van der Waals surface area contributed by atoms with Gasteiger partial charge in [0.2, 0.25) is 0 Å². The number of anilines is 2. The molecule has 126 valence electrons. The normalized spacial score (nSPS) is 14.6. The molecule has 1 aliphatic rings. The van der Waals surface area contributed by atoms with Crippen molar-refractivity contribution in [2.45, 2.75) is 6.92 Å². The Morgan fingerprint density at radius 3 is 2.29 bits per heavy atom. The van der Waals surface area contributed by atoms with Gasteiger partial charge in [-0.3, -0.25) is 10.1 Å². The maximum Gasteiger partial charge on any atom is 0.290 e. The van der Waals surface area contributed by atoms with Gasteiger partial charge in [-0.2, -0.15) is 0 Å². The quantitative estimate of drug-likeness (QED) is 0.626. The van der Waals surface area contributed by atoms with Crippen LogP contribution in [-0.2, 0) is 0 Å². The van der Waals surface area contributed by atoms with Crippen molar-refractivity contribution in [3.05, 3.63) is 46.3 Å². The van der Waals surface area contributed by atoms with Gasteiger partial charge >= 0.3 is 0 Å². The maximum absolute atomic E-state index is 10.9. The Balaban J connectivity index is 1.68. The first-order valence-corrected chi connectivity index (χ1v) is 7.69. The van der Waals surface area contributed by atoms with Crippen molar-refractivity contribution in [1.82, 2.24) is 9.97 Å². The van der Waals surface area contributed by atoms with Gasteiger partial charge in [0.1, 0.15) is 23.6 Å². The summed E-state index contributed by atoms with van der Waals surface area (Å²) in [5, 5.41) is 10.9. The Kier molecular flexibility index (Phi) is 4.45. The minimum Gasteiger partial charge on any atom is -0.497 e. The van der Waals surface area contributed by atoms with E-state index in [0.717, 1.165) is 43.6 Å². The number of piperazine rings is 1. The predicted octanol–water partition coefficient (Wildman–Crippen LogP) is 2.03. The van der Waals surface area contributed by atoms with Gasteiger partial charge in [-0.1, -0.05) is 0 Å². The van der Waals surface area contributed by atoms with E-state index < -0.39 is 4.92 Å². The molecule has 0 N–H and O–H groups in total. The van der Waals surface area contributed by atoms with Gasteiger partial charge in [0, 0.05) is 44.0 Å². The molecule has 8 nitrogen and oxygen atoms in total. The number of nitrogens with zero attached hydrogens (tertiary/aromatic N) is 5. The van der Waals surface area contributed by atoms with Crippen molar-refractivity contribution in [3.63, 3.8) is 0 Å². The van der Waals surface area contributed by atoms with E-state index >= 15 is 0 Å². The highest BCUT2D eigenvalue weighted by molar-refractivity contribution is 5.51. The molecule has 0 aliphatic carbocycles. The molecule has 0 unspecified atom stereocenters. The minimum atomic E-state index is -0.404. The summed E-state index contributed by atoms with van der Waals surface area (Å²) in [6, 6.07) is 5.52. The molecule has 0 saturated carbocycles. The van der Waals surface area contributed by atoms with Gasteiger partial charge in [0.15, 0.2) is 0 Å². The van der Waals surface area contributed by atoms with Crippen LogP contribution in [0.1, 0.15) is 5.56 Å². The van der Waals surface area contributed by atoms with Crippen molar-refractivity contribution in [2.75, 3.05) is 43.1 Å². The van der Waals surface area contributed by atoms with E-state index in [4.69, 9.17) is 4.74 Å². The van der Waals surface area contributed by atoms with E-state index in [-0.39, 0.29) is 5.69 Å². The third-order valence-corrected chi connectivity index (χ3v) is 4.15. The Bertz CT molecular complexity index is 744. The third kappa shape index (κ3) is 3.22. The van der Waals surface area contributed by atoms with E-state index in [1.54, 1.807) is 26.3 Å². The van der Waals surface area contributed by atoms with Crippen LogP contribution in [0.25, 0.3) is 0 Å². The lowest BCUT2D eigenvalue weighted by molar-refractivity contribution is -0.385. The van der Waals surface area contributed by atoms with E-state index in [0.29, 0.717) is 5.56 Å². The van der Waals surface area contributed by atoms with Crippen LogP contribution in [0.2, 0.25) is 0 Å². The van der Waals surface area contributed by atoms with Crippen LogP contribution >= 0.6 is 0 Å². The summed E-state index contributed by atoms with van der Waals surface area (Å²) in [4.78, 5) is 23.4. The number of ether oxygens (including phenoxy) is 1. The van der Waals surface area contributed by atoms with Crippen LogP contribution in [0.15, 0.2) is 30.6 Å². The van der Waals surface area contributed by atoms with Crippen molar-refractivity contribution >= 4 is 17.3 Å². The van der Waals surface area contributed by atoms with Gasteiger partial charge < -0.3 is 14.5 Å². The van der Waals surface area contributed by atoms with Crippen LogP contribution in [0.4, 0.5) is 17.3 Å². The molecule has 3 rings (SSSR count). The van der Waals surface area contributed by atoms with Crippen LogP contribution in [0, 0.1) is 17.0 Å². The van der Waals surface area contributed by atoms with Crippen LogP contribution in [0.3, 0.4) is 0 Å². The van der Waals surface area contributed by atoms with Gasteiger partial charge in [-0.15, -0.1) is 0 Å². The first-order valence-electron chi connectivity index (χ1n) is 7.69. The first-order chi connectivity index (χ1) is 11.6. The highest BCUT2D eigenvalue weighted by Crippen LogP contribution is 2.24. The average molecular weight is 329 g/mol. The lowest BCUT2D eigenvalue weighted by Gasteiger charge is -2.36. The molecule has 0 spiro atoms. The highest BCUT2D eigenvalue weighted by atomic mass is 16.6. The van der Waals surface area contributed by atoms with Crippen molar-refractivity contribution in [2.24, 2.45) is 0 Å². The second-order valence-corrected chi connectivity index (χ2v) is 5.61. The second kappa shape index (κ2) is 6.69. The Morgan fingerprint density at radius 2 is 1.75 bits per heavy atom. The Hall–Kier alpha value is -2.90. The molecule has 1 saturated heterocycles. The molecule has 0 amide bonds. The zero-order valence-electron chi connectivity index (χ0n) is 13.7. The zero-order chi connectivity index (χ0) is 17.1. The fourth-order valence-electron chi connectivity index (χ4n) is 2.76. The highest BCUT2D eigenvalue weighted by Gasteiger charge is 2.21. The van der Waals surface area contributed by atoms with E-state index in [1.165, 1.54) is 6.20 Å². The number of aromatic nitrogens is 2. The topological polar surface area (TPSA) is 84.6 Å². The zero-order valence-corrected chi connectivity index (χ0v) is 13.7. The van der Waals surface area contributed by atoms with Crippen LogP contribution in [-0.4, -0.2) is 48.2 Å². The molecular formula is C16H19N5O3. The minimum absolute atomic E-state index is 0.0537. The monoisotopic (exact) mass is 329 g/mol. The van der Waals surface area contributed by atoms with Gasteiger partial charge in [-0.25, -0.2) is 9.97 Å². The molecule has 0 atom stereocenters. The molecule has 1 aliphatic heterocycles. The van der Waals surface area contributed by atoms with Crippen molar-refractivity contribution in [3.8, 4) is 5.75 Å². The van der Waals surface area contributed by atoms with E-state index in [2.05, 4.69) is 19.8 Å². The largest absolute Gasteiger partial charge is 0.497 e. The maximum atomic E-state index is 10.9. The first kappa shape index (κ1) is 16.0. The SMILES string of the molecule is COc1ccnc(N2CCN(c3cc(C)c([N+](=O)[O-])cn3)CC2)c1. The molecule has 24 heavy (non-hydrogen) atoms. The molecular weight excluding hydrogens is 310 g/mol. The summed E-state index contributed by atoms with van der Waals surface area (Å²) >= 11 is 0. The summed E-state index contributed by atoms with van der Waals surface area (Å²) in [5.74, 6) is 2.45. The Labute approximate surface area is 139 Å². The van der Waals surface area contributed by atoms with Crippen molar-refractivity contribution < 1.29 is 9.66 Å². The van der Waals surface area contributed by atoms with Gasteiger partial charge in [0.25, 0.3) is 5.69 Å². The molecule has 2 aromatic heterocycles. The van der Waals surface area contributed by atoms with E-state index in [9.17, 15) is 10.1 Å². The van der Waals surface area contributed by atoms with Crippen LogP contribution in [0.5, 0.6) is 5.75 Å². The lowest BCUT2D eigenvalue weighted by Crippen LogP contribution is -2.47. The standard InChI is InChI=1S/C16H19N5O3/c1-12-9-15(18-11-14(12)21(22)23)19-5-7-20(8-6-19)16-10-13(24-2)3-4-17-16/h3-4,9-11H,5-8H2,1-2H3. The van der Waals surface area contributed by atoms with E-state index in [1.807, 2.05) is 12.1 Å². The van der Waals surface area contributed by atoms with Gasteiger partial charge in [0.05, 0.1) is 12.0 Å². The second-order valence-electron chi connectivity index (χ2n) is 5.61. The number of hydrogen-bond acceptors (Lipinski definition) is 7. The molecule has 3 heterocycles. The van der Waals surface area contributed by atoms with Crippen LogP contribution < -0.4 is 14.5 Å². The molecule has 0 aromatic carbocycles. The number of methoxy groups -OCH3 is 1. The summed E-state index contributed by atoms with van der Waals surface area (Å²) in [5.41, 5.74) is 0.680.